The lowest BCUT2D eigenvalue weighted by molar-refractivity contribution is 0.608. The third kappa shape index (κ3) is 2.15. The highest BCUT2D eigenvalue weighted by molar-refractivity contribution is 5.80. The molecular weight excluding hydrogens is 205 g/mol. The van der Waals surface area contributed by atoms with Crippen LogP contribution in [0.2, 0.25) is 0 Å². The molecule has 2 atom stereocenters. The van der Waals surface area contributed by atoms with Gasteiger partial charge in [-0.2, -0.15) is 0 Å². The SMILES string of the molecule is CN=C(NC)NC1CC1c1ccccc1F. The molecule has 0 radical (unpaired) electrons. The van der Waals surface area contributed by atoms with Gasteiger partial charge in [-0.3, -0.25) is 4.99 Å². The van der Waals surface area contributed by atoms with Crippen LogP contribution in [0.5, 0.6) is 0 Å². The third-order valence-corrected chi connectivity index (χ3v) is 2.88. The van der Waals surface area contributed by atoms with Gasteiger partial charge in [-0.05, 0) is 18.1 Å². The largest absolute Gasteiger partial charge is 0.359 e. The fourth-order valence-electron chi connectivity index (χ4n) is 1.90. The van der Waals surface area contributed by atoms with Crippen LogP contribution in [0.15, 0.2) is 29.3 Å². The van der Waals surface area contributed by atoms with Gasteiger partial charge in [0.25, 0.3) is 0 Å². The van der Waals surface area contributed by atoms with Crippen molar-refractivity contribution in [1.82, 2.24) is 10.6 Å². The number of nitrogens with one attached hydrogen (secondary N) is 2. The summed E-state index contributed by atoms with van der Waals surface area (Å²) >= 11 is 0. The lowest BCUT2D eigenvalue weighted by Crippen LogP contribution is -2.36. The molecule has 0 heterocycles. The number of nitrogens with zero attached hydrogens (tertiary/aromatic N) is 1. The third-order valence-electron chi connectivity index (χ3n) is 2.88. The van der Waals surface area contributed by atoms with Gasteiger partial charge in [0.15, 0.2) is 5.96 Å². The Hall–Kier alpha value is -1.58. The highest BCUT2D eigenvalue weighted by atomic mass is 19.1. The minimum Gasteiger partial charge on any atom is -0.359 e. The van der Waals surface area contributed by atoms with Crippen LogP contribution in [0, 0.1) is 5.82 Å². The van der Waals surface area contributed by atoms with Gasteiger partial charge in [0.1, 0.15) is 5.82 Å². The minimum atomic E-state index is -0.115. The number of hydrogen-bond donors (Lipinski definition) is 2. The summed E-state index contributed by atoms with van der Waals surface area (Å²) in [6.07, 6.45) is 0.960. The number of aliphatic imine (C=N–C) groups is 1. The summed E-state index contributed by atoms with van der Waals surface area (Å²) in [4.78, 5) is 4.04. The van der Waals surface area contributed by atoms with E-state index in [9.17, 15) is 4.39 Å². The van der Waals surface area contributed by atoms with E-state index in [4.69, 9.17) is 0 Å². The van der Waals surface area contributed by atoms with Gasteiger partial charge >= 0.3 is 0 Å². The molecule has 1 aromatic carbocycles. The van der Waals surface area contributed by atoms with E-state index in [1.807, 2.05) is 19.2 Å². The molecule has 0 bridgehead atoms. The molecule has 4 heteroatoms. The van der Waals surface area contributed by atoms with Crippen LogP contribution in [-0.4, -0.2) is 26.1 Å². The molecule has 0 aliphatic heterocycles. The van der Waals surface area contributed by atoms with Gasteiger partial charge < -0.3 is 10.6 Å². The van der Waals surface area contributed by atoms with E-state index in [2.05, 4.69) is 15.6 Å². The van der Waals surface area contributed by atoms with E-state index >= 15 is 0 Å². The average molecular weight is 221 g/mol. The first-order valence-electron chi connectivity index (χ1n) is 5.41. The number of guanidine groups is 1. The molecule has 16 heavy (non-hydrogen) atoms. The molecule has 1 saturated carbocycles. The lowest BCUT2D eigenvalue weighted by Gasteiger charge is -2.08. The molecule has 3 nitrogen and oxygen atoms in total. The maximum atomic E-state index is 13.5. The molecule has 0 amide bonds. The van der Waals surface area contributed by atoms with Crippen molar-refractivity contribution in [2.45, 2.75) is 18.4 Å². The Labute approximate surface area is 94.8 Å². The predicted octanol–water partition coefficient (Wildman–Crippen LogP) is 1.48. The average Bonchev–Trinajstić information content (AvgIpc) is 3.05. The Bertz CT molecular complexity index is 403. The van der Waals surface area contributed by atoms with Crippen molar-refractivity contribution in [2.75, 3.05) is 14.1 Å². The summed E-state index contributed by atoms with van der Waals surface area (Å²) < 4.78 is 13.5. The van der Waals surface area contributed by atoms with Gasteiger partial charge in [0.2, 0.25) is 0 Å². The summed E-state index contributed by atoms with van der Waals surface area (Å²) in [5, 5.41) is 6.19. The van der Waals surface area contributed by atoms with Crippen molar-refractivity contribution in [2.24, 2.45) is 4.99 Å². The molecule has 0 aromatic heterocycles. The maximum absolute atomic E-state index is 13.5. The molecule has 2 unspecified atom stereocenters. The molecule has 1 aliphatic rings. The van der Waals surface area contributed by atoms with Crippen LogP contribution in [0.4, 0.5) is 4.39 Å². The second-order valence-electron chi connectivity index (χ2n) is 3.94. The molecule has 2 N–H and O–H groups in total. The van der Waals surface area contributed by atoms with Gasteiger partial charge in [-0.1, -0.05) is 18.2 Å². The zero-order valence-corrected chi connectivity index (χ0v) is 9.50. The second kappa shape index (κ2) is 4.51. The number of halogens is 1. The molecule has 1 aliphatic carbocycles. The summed E-state index contributed by atoms with van der Waals surface area (Å²) in [6, 6.07) is 7.25. The van der Waals surface area contributed by atoms with Crippen molar-refractivity contribution in [3.8, 4) is 0 Å². The fourth-order valence-corrected chi connectivity index (χ4v) is 1.90. The minimum absolute atomic E-state index is 0.115. The smallest absolute Gasteiger partial charge is 0.190 e. The van der Waals surface area contributed by atoms with Gasteiger partial charge in [-0.25, -0.2) is 4.39 Å². The van der Waals surface area contributed by atoms with Crippen molar-refractivity contribution in [1.29, 1.82) is 0 Å². The quantitative estimate of drug-likeness (QED) is 0.586. The summed E-state index contributed by atoms with van der Waals surface area (Å²) in [7, 11) is 3.54. The first-order chi connectivity index (χ1) is 7.76. The van der Waals surface area contributed by atoms with Gasteiger partial charge in [-0.15, -0.1) is 0 Å². The van der Waals surface area contributed by atoms with Crippen molar-refractivity contribution < 1.29 is 4.39 Å². The van der Waals surface area contributed by atoms with Crippen LogP contribution in [0.25, 0.3) is 0 Å². The zero-order valence-electron chi connectivity index (χ0n) is 9.50. The summed E-state index contributed by atoms with van der Waals surface area (Å²) in [6.45, 7) is 0. The maximum Gasteiger partial charge on any atom is 0.190 e. The fraction of sp³-hybridized carbons (Fsp3) is 0.417. The number of rotatable bonds is 2. The monoisotopic (exact) mass is 221 g/mol. The molecule has 1 aromatic rings. The van der Waals surface area contributed by atoms with E-state index in [0.29, 0.717) is 6.04 Å². The zero-order chi connectivity index (χ0) is 11.5. The topological polar surface area (TPSA) is 36.4 Å². The lowest BCUT2D eigenvalue weighted by atomic mass is 10.1. The Morgan fingerprint density at radius 1 is 1.44 bits per heavy atom. The molecule has 2 rings (SSSR count). The first kappa shape index (κ1) is 10.9. The molecule has 0 saturated heterocycles. The standard InChI is InChI=1S/C12H16FN3/c1-14-12(15-2)16-11-7-9(11)8-5-3-4-6-10(8)13/h3-6,9,11H,7H2,1-2H3,(H2,14,15,16). The van der Waals surface area contributed by atoms with E-state index in [0.717, 1.165) is 17.9 Å². The van der Waals surface area contributed by atoms with Crippen molar-refractivity contribution in [3.05, 3.63) is 35.6 Å². The Morgan fingerprint density at radius 3 is 2.81 bits per heavy atom. The Balaban J connectivity index is 1.99. The van der Waals surface area contributed by atoms with E-state index in [-0.39, 0.29) is 11.7 Å². The predicted molar refractivity (Wildman–Crippen MR) is 63.1 cm³/mol. The van der Waals surface area contributed by atoms with E-state index < -0.39 is 0 Å². The Kier molecular flexibility index (Phi) is 3.08. The molecular formula is C12H16FN3. The van der Waals surface area contributed by atoms with Crippen LogP contribution in [-0.2, 0) is 0 Å². The van der Waals surface area contributed by atoms with Gasteiger partial charge in [0.05, 0.1) is 0 Å². The van der Waals surface area contributed by atoms with Crippen LogP contribution >= 0.6 is 0 Å². The second-order valence-corrected chi connectivity index (χ2v) is 3.94. The summed E-state index contributed by atoms with van der Waals surface area (Å²) in [5.74, 6) is 0.909. The van der Waals surface area contributed by atoms with E-state index in [1.165, 1.54) is 6.07 Å². The van der Waals surface area contributed by atoms with Crippen molar-refractivity contribution in [3.63, 3.8) is 0 Å². The van der Waals surface area contributed by atoms with Crippen molar-refractivity contribution >= 4 is 5.96 Å². The normalized spacial score (nSPS) is 24.1. The van der Waals surface area contributed by atoms with Crippen LogP contribution < -0.4 is 10.6 Å². The first-order valence-corrected chi connectivity index (χ1v) is 5.41. The highest BCUT2D eigenvalue weighted by Gasteiger charge is 2.40. The Morgan fingerprint density at radius 2 is 2.19 bits per heavy atom. The molecule has 1 fully saturated rings. The highest BCUT2D eigenvalue weighted by Crippen LogP contribution is 2.41. The van der Waals surface area contributed by atoms with E-state index in [1.54, 1.807) is 13.1 Å². The van der Waals surface area contributed by atoms with Crippen LogP contribution in [0.3, 0.4) is 0 Å². The van der Waals surface area contributed by atoms with Crippen LogP contribution in [0.1, 0.15) is 17.9 Å². The number of benzene rings is 1. The number of hydrogen-bond acceptors (Lipinski definition) is 1. The summed E-state index contributed by atoms with van der Waals surface area (Å²) in [5.41, 5.74) is 0.798. The molecule has 86 valence electrons. The molecule has 0 spiro atoms. The van der Waals surface area contributed by atoms with Gasteiger partial charge in [0, 0.05) is 26.1 Å².